The number of benzene rings is 2. The third-order valence-corrected chi connectivity index (χ3v) is 7.75. The van der Waals surface area contributed by atoms with Crippen molar-refractivity contribution in [3.63, 3.8) is 0 Å². The summed E-state index contributed by atoms with van der Waals surface area (Å²) in [6, 6.07) is 36.0. The van der Waals surface area contributed by atoms with Gasteiger partial charge in [-0.2, -0.15) is 0 Å². The molecular formula is C22H17BP+. The van der Waals surface area contributed by atoms with Gasteiger partial charge in [0.15, 0.2) is 0 Å². The van der Waals surface area contributed by atoms with Crippen molar-refractivity contribution in [3.05, 3.63) is 103 Å². The van der Waals surface area contributed by atoms with E-state index in [0.29, 0.717) is 0 Å². The molecule has 2 aromatic rings. The monoisotopic (exact) mass is 323 g/mol. The summed E-state index contributed by atoms with van der Waals surface area (Å²) in [5.41, 5.74) is 2.47. The summed E-state index contributed by atoms with van der Waals surface area (Å²) in [6.45, 7) is 0. The highest BCUT2D eigenvalue weighted by atomic mass is 31.2. The van der Waals surface area contributed by atoms with Crippen LogP contribution >= 0.6 is 7.14 Å². The Morgan fingerprint density at radius 3 is 1.25 bits per heavy atom. The van der Waals surface area contributed by atoms with E-state index in [0.717, 1.165) is 0 Å². The van der Waals surface area contributed by atoms with Crippen LogP contribution in [0.4, 0.5) is 0 Å². The molecule has 2 aliphatic rings. The van der Waals surface area contributed by atoms with Crippen molar-refractivity contribution in [1.82, 2.24) is 0 Å². The first-order valence-corrected chi connectivity index (χ1v) is 9.92. The standard InChI is InChI=1S/C22H17BP/c23-24(20-12-6-2-7-13-20,21-14-8-3-9-15-21)22-16-18-10-4-1-5-11-19(18)17-22/h1-17H/q+1. The van der Waals surface area contributed by atoms with Crippen molar-refractivity contribution in [1.29, 1.82) is 0 Å². The molecule has 0 aliphatic heterocycles. The van der Waals surface area contributed by atoms with Gasteiger partial charge >= 0.3 is 7.57 Å². The summed E-state index contributed by atoms with van der Waals surface area (Å²) >= 11 is 0. The summed E-state index contributed by atoms with van der Waals surface area (Å²) < 4.78 is 0. The van der Waals surface area contributed by atoms with E-state index in [1.54, 1.807) is 0 Å². The van der Waals surface area contributed by atoms with Crippen molar-refractivity contribution in [2.24, 2.45) is 0 Å². The van der Waals surface area contributed by atoms with E-state index in [-0.39, 0.29) is 0 Å². The zero-order valence-corrected chi connectivity index (χ0v) is 14.2. The van der Waals surface area contributed by atoms with Crippen LogP contribution in [0.1, 0.15) is 0 Å². The minimum atomic E-state index is -2.12. The van der Waals surface area contributed by atoms with Gasteiger partial charge in [-0.05, 0) is 47.5 Å². The SMILES string of the molecule is [B][P+](c1ccccc1)(c1ccccc1)c1cc2cccccc-2c1. The average molecular weight is 323 g/mol. The highest BCUT2D eigenvalue weighted by molar-refractivity contribution is 8.13. The van der Waals surface area contributed by atoms with Crippen LogP contribution in [0.25, 0.3) is 11.1 Å². The Morgan fingerprint density at radius 1 is 0.458 bits per heavy atom. The Hall–Kier alpha value is -2.37. The highest BCUT2D eigenvalue weighted by Crippen LogP contribution is 2.51. The van der Waals surface area contributed by atoms with E-state index in [4.69, 9.17) is 7.57 Å². The van der Waals surface area contributed by atoms with Gasteiger partial charge in [0.2, 0.25) is 0 Å². The lowest BCUT2D eigenvalue weighted by atomic mass is 10.2. The maximum absolute atomic E-state index is 7.17. The van der Waals surface area contributed by atoms with E-state index >= 15 is 0 Å². The van der Waals surface area contributed by atoms with Crippen LogP contribution in [-0.2, 0) is 0 Å². The summed E-state index contributed by atoms with van der Waals surface area (Å²) in [6.07, 6.45) is 0. The third-order valence-electron chi connectivity index (χ3n) is 4.45. The van der Waals surface area contributed by atoms with Crippen molar-refractivity contribution in [2.45, 2.75) is 0 Å². The molecule has 0 saturated heterocycles. The van der Waals surface area contributed by atoms with Gasteiger partial charge in [-0.3, -0.25) is 0 Å². The van der Waals surface area contributed by atoms with Gasteiger partial charge in [-0.15, -0.1) is 0 Å². The molecule has 0 saturated carbocycles. The van der Waals surface area contributed by atoms with E-state index in [1.807, 2.05) is 12.1 Å². The van der Waals surface area contributed by atoms with Crippen LogP contribution in [0.2, 0.25) is 0 Å². The van der Waals surface area contributed by atoms with Crippen LogP contribution in [0.15, 0.2) is 103 Å². The second kappa shape index (κ2) is 6.26. The predicted octanol–water partition coefficient (Wildman–Crippen LogP) is 4.17. The molecule has 0 atom stereocenters. The Labute approximate surface area is 145 Å². The number of hydrogen-bond acceptors (Lipinski definition) is 0. The lowest BCUT2D eigenvalue weighted by Crippen LogP contribution is -2.30. The molecule has 0 aromatic heterocycles. The second-order valence-corrected chi connectivity index (χ2v) is 8.92. The first-order chi connectivity index (χ1) is 11.8. The Kier molecular flexibility index (Phi) is 3.96. The van der Waals surface area contributed by atoms with Crippen LogP contribution in [-0.4, -0.2) is 7.57 Å². The Bertz CT molecular complexity index is 848. The molecule has 2 aromatic carbocycles. The molecule has 24 heavy (non-hydrogen) atoms. The first-order valence-electron chi connectivity index (χ1n) is 8.07. The van der Waals surface area contributed by atoms with Gasteiger partial charge < -0.3 is 0 Å². The van der Waals surface area contributed by atoms with Crippen LogP contribution in [0.5, 0.6) is 0 Å². The second-order valence-electron chi connectivity index (χ2n) is 5.93. The largest absolute Gasteiger partial charge is 0.383 e. The van der Waals surface area contributed by atoms with Gasteiger partial charge in [0.05, 0.1) is 23.1 Å². The minimum Gasteiger partial charge on any atom is -0.0622 e. The average Bonchev–Trinajstić information content (AvgIpc) is 2.94. The maximum Gasteiger partial charge on any atom is 0.383 e. The van der Waals surface area contributed by atoms with Gasteiger partial charge in [0.25, 0.3) is 0 Å². The molecular weight excluding hydrogens is 306 g/mol. The fourth-order valence-electron chi connectivity index (χ4n) is 3.18. The minimum absolute atomic E-state index is 1.20. The third kappa shape index (κ3) is 2.56. The fourth-order valence-corrected chi connectivity index (χ4v) is 6.04. The molecule has 2 aliphatic carbocycles. The van der Waals surface area contributed by atoms with E-state index < -0.39 is 7.14 Å². The van der Waals surface area contributed by atoms with Gasteiger partial charge in [0.1, 0.15) is 0 Å². The quantitative estimate of drug-likeness (QED) is 0.392. The van der Waals surface area contributed by atoms with Crippen LogP contribution in [0, 0.1) is 0 Å². The Morgan fingerprint density at radius 2 is 0.833 bits per heavy atom. The smallest absolute Gasteiger partial charge is 0.0622 e. The molecule has 0 spiro atoms. The molecule has 0 bridgehead atoms. The molecule has 0 unspecified atom stereocenters. The number of hydrogen-bond donors (Lipinski definition) is 0. The highest BCUT2D eigenvalue weighted by Gasteiger charge is 2.40. The molecule has 0 heterocycles. The molecule has 0 nitrogen and oxygen atoms in total. The van der Waals surface area contributed by atoms with E-state index in [1.165, 1.54) is 27.0 Å². The van der Waals surface area contributed by atoms with Crippen molar-refractivity contribution < 1.29 is 0 Å². The number of rotatable bonds is 3. The molecule has 112 valence electrons. The molecule has 2 radical (unpaired) electrons. The molecule has 2 heteroatoms. The zero-order chi connectivity index (χ0) is 16.4. The summed E-state index contributed by atoms with van der Waals surface area (Å²) in [5.74, 6) is 0. The van der Waals surface area contributed by atoms with E-state index in [9.17, 15) is 0 Å². The van der Waals surface area contributed by atoms with Crippen LogP contribution in [0.3, 0.4) is 0 Å². The summed E-state index contributed by atoms with van der Waals surface area (Å²) in [5, 5.41) is 3.63. The van der Waals surface area contributed by atoms with Gasteiger partial charge in [-0.25, -0.2) is 0 Å². The van der Waals surface area contributed by atoms with E-state index in [2.05, 4.69) is 91.0 Å². The molecule has 0 fully saturated rings. The van der Waals surface area contributed by atoms with Crippen LogP contribution < -0.4 is 15.9 Å². The maximum atomic E-state index is 7.17. The van der Waals surface area contributed by atoms with Gasteiger partial charge in [0, 0.05) is 0 Å². The van der Waals surface area contributed by atoms with Gasteiger partial charge in [-0.1, -0.05) is 66.7 Å². The molecule has 4 rings (SSSR count). The summed E-state index contributed by atoms with van der Waals surface area (Å²) in [7, 11) is 5.04. The lowest BCUT2D eigenvalue weighted by Gasteiger charge is -2.22. The molecule has 0 N–H and O–H groups in total. The zero-order valence-electron chi connectivity index (χ0n) is 13.3. The fraction of sp³-hybridized carbons (Fsp3) is 0. The Balaban J connectivity index is 1.98. The normalized spacial score (nSPS) is 11.5. The first kappa shape index (κ1) is 15.2. The summed E-state index contributed by atoms with van der Waals surface area (Å²) in [4.78, 5) is 0. The van der Waals surface area contributed by atoms with Crippen molar-refractivity contribution >= 4 is 30.6 Å². The van der Waals surface area contributed by atoms with Crippen molar-refractivity contribution in [2.75, 3.05) is 0 Å². The molecule has 0 amide bonds. The topological polar surface area (TPSA) is 0 Å². The van der Waals surface area contributed by atoms with Crippen molar-refractivity contribution in [3.8, 4) is 11.1 Å². The predicted molar refractivity (Wildman–Crippen MR) is 108 cm³/mol. The lowest BCUT2D eigenvalue weighted by molar-refractivity contribution is 1.75. The number of fused-ring (bicyclic) bond motifs is 1.